The molecule has 128 valence electrons. The number of rotatable bonds is 4. The Balaban J connectivity index is 1.49. The maximum atomic E-state index is 12.6. The third kappa shape index (κ3) is 3.09. The number of aryl methyl sites for hydroxylation is 1. The van der Waals surface area contributed by atoms with Gasteiger partial charge in [0.15, 0.2) is 0 Å². The molecule has 0 bridgehead atoms. The number of hydrogen-bond acceptors (Lipinski definition) is 4. The van der Waals surface area contributed by atoms with Crippen LogP contribution in [0, 0.1) is 0 Å². The number of likely N-dealkylation sites (tertiary alicyclic amines) is 1. The Morgan fingerprint density at radius 1 is 1.12 bits per heavy atom. The van der Waals surface area contributed by atoms with Crippen molar-refractivity contribution in [1.29, 1.82) is 0 Å². The van der Waals surface area contributed by atoms with E-state index in [1.54, 1.807) is 29.4 Å². The molecule has 4 rings (SSSR count). The molecule has 1 aliphatic heterocycles. The van der Waals surface area contributed by atoms with E-state index in [0.29, 0.717) is 11.4 Å². The largest absolute Gasteiger partial charge is 0.299 e. The van der Waals surface area contributed by atoms with Gasteiger partial charge in [-0.05, 0) is 44.7 Å². The quantitative estimate of drug-likeness (QED) is 0.867. The van der Waals surface area contributed by atoms with Gasteiger partial charge in [-0.25, -0.2) is 4.98 Å². The number of nitrogens with zero attached hydrogens (tertiary/aromatic N) is 4. The minimum absolute atomic E-state index is 0.0383. The summed E-state index contributed by atoms with van der Waals surface area (Å²) in [6.07, 6.45) is 15.5. The van der Waals surface area contributed by atoms with E-state index in [1.165, 1.54) is 51.5 Å². The minimum Gasteiger partial charge on any atom is -0.299 e. The molecule has 2 aromatic rings. The number of fused-ring (bicyclic) bond motifs is 1. The lowest BCUT2D eigenvalue weighted by molar-refractivity contribution is 0.0880. The van der Waals surface area contributed by atoms with Crippen LogP contribution < -0.4 is 5.56 Å². The highest BCUT2D eigenvalue weighted by atomic mass is 16.1. The van der Waals surface area contributed by atoms with E-state index >= 15 is 0 Å². The Morgan fingerprint density at radius 3 is 2.83 bits per heavy atom. The van der Waals surface area contributed by atoms with Crippen molar-refractivity contribution in [3.8, 4) is 0 Å². The summed E-state index contributed by atoms with van der Waals surface area (Å²) in [5.74, 6) is 0. The molecule has 0 radical (unpaired) electrons. The zero-order chi connectivity index (χ0) is 16.4. The van der Waals surface area contributed by atoms with Gasteiger partial charge in [0.1, 0.15) is 0 Å². The normalized spacial score (nSPS) is 23.1. The lowest BCUT2D eigenvalue weighted by Gasteiger charge is -2.40. The van der Waals surface area contributed by atoms with Crippen LogP contribution in [0.3, 0.4) is 0 Å². The van der Waals surface area contributed by atoms with Crippen LogP contribution in [0.1, 0.15) is 51.4 Å². The summed E-state index contributed by atoms with van der Waals surface area (Å²) in [6.45, 7) is 1.99. The Bertz CT molecular complexity index is 750. The van der Waals surface area contributed by atoms with Crippen molar-refractivity contribution in [1.82, 2.24) is 19.4 Å². The van der Waals surface area contributed by atoms with Crippen LogP contribution >= 0.6 is 0 Å². The molecule has 3 heterocycles. The van der Waals surface area contributed by atoms with Crippen LogP contribution in [0.25, 0.3) is 10.9 Å². The Labute approximate surface area is 142 Å². The Hall–Kier alpha value is -1.75. The van der Waals surface area contributed by atoms with Gasteiger partial charge in [-0.15, -0.1) is 0 Å². The molecular formula is C19H26N4O. The summed E-state index contributed by atoms with van der Waals surface area (Å²) >= 11 is 0. The van der Waals surface area contributed by atoms with Crippen molar-refractivity contribution in [2.75, 3.05) is 6.54 Å². The number of hydrogen-bond donors (Lipinski definition) is 0. The molecule has 0 spiro atoms. The molecule has 1 saturated heterocycles. The van der Waals surface area contributed by atoms with Gasteiger partial charge in [-0.3, -0.25) is 19.2 Å². The topological polar surface area (TPSA) is 51.0 Å². The summed E-state index contributed by atoms with van der Waals surface area (Å²) in [4.78, 5) is 23.8. The predicted octanol–water partition coefficient (Wildman–Crippen LogP) is 2.98. The van der Waals surface area contributed by atoms with Crippen molar-refractivity contribution in [3.63, 3.8) is 0 Å². The molecule has 0 amide bonds. The molecule has 5 heteroatoms. The van der Waals surface area contributed by atoms with Crippen molar-refractivity contribution in [2.45, 2.75) is 70.0 Å². The third-order valence-corrected chi connectivity index (χ3v) is 5.80. The van der Waals surface area contributed by atoms with E-state index in [1.807, 2.05) is 0 Å². The maximum Gasteiger partial charge on any atom is 0.262 e. The lowest BCUT2D eigenvalue weighted by Crippen LogP contribution is -2.45. The fourth-order valence-electron chi connectivity index (χ4n) is 4.50. The van der Waals surface area contributed by atoms with Crippen molar-refractivity contribution >= 4 is 10.9 Å². The van der Waals surface area contributed by atoms with E-state index in [-0.39, 0.29) is 5.56 Å². The number of piperidine rings is 1. The molecule has 24 heavy (non-hydrogen) atoms. The molecule has 5 nitrogen and oxygen atoms in total. The molecule has 0 aromatic carbocycles. The van der Waals surface area contributed by atoms with Gasteiger partial charge in [0, 0.05) is 31.0 Å². The average Bonchev–Trinajstić information content (AvgIpc) is 3.16. The van der Waals surface area contributed by atoms with Crippen molar-refractivity contribution < 1.29 is 0 Å². The zero-order valence-corrected chi connectivity index (χ0v) is 14.2. The summed E-state index contributed by atoms with van der Waals surface area (Å²) in [5, 5.41) is 0.622. The summed E-state index contributed by atoms with van der Waals surface area (Å²) in [5.41, 5.74) is 0.771. The Morgan fingerprint density at radius 2 is 1.96 bits per heavy atom. The zero-order valence-electron chi connectivity index (χ0n) is 14.2. The van der Waals surface area contributed by atoms with E-state index in [0.717, 1.165) is 24.5 Å². The van der Waals surface area contributed by atoms with Gasteiger partial charge in [0.2, 0.25) is 0 Å². The first-order valence-electron chi connectivity index (χ1n) is 9.38. The summed E-state index contributed by atoms with van der Waals surface area (Å²) in [6, 6.07) is 3.20. The molecule has 2 aliphatic rings. The monoisotopic (exact) mass is 326 g/mol. The second-order valence-electron chi connectivity index (χ2n) is 7.25. The van der Waals surface area contributed by atoms with Gasteiger partial charge in [-0.2, -0.15) is 0 Å². The first-order valence-corrected chi connectivity index (χ1v) is 9.38. The first kappa shape index (κ1) is 15.8. The smallest absolute Gasteiger partial charge is 0.262 e. The first-order chi connectivity index (χ1) is 11.8. The molecule has 2 aromatic heterocycles. The van der Waals surface area contributed by atoms with Gasteiger partial charge >= 0.3 is 0 Å². The Kier molecular flexibility index (Phi) is 4.60. The SMILES string of the molecule is O=c1c2cnccc2ncn1CCC1CCCCN1C1CCCC1. The maximum absolute atomic E-state index is 12.6. The van der Waals surface area contributed by atoms with Gasteiger partial charge < -0.3 is 0 Å². The van der Waals surface area contributed by atoms with Crippen LogP contribution in [0.5, 0.6) is 0 Å². The van der Waals surface area contributed by atoms with Crippen LogP contribution in [0.2, 0.25) is 0 Å². The van der Waals surface area contributed by atoms with Crippen molar-refractivity contribution in [2.24, 2.45) is 0 Å². The van der Waals surface area contributed by atoms with E-state index in [9.17, 15) is 4.79 Å². The highest BCUT2D eigenvalue weighted by molar-refractivity contribution is 5.75. The fourth-order valence-corrected chi connectivity index (χ4v) is 4.50. The van der Waals surface area contributed by atoms with Gasteiger partial charge in [-0.1, -0.05) is 19.3 Å². The highest BCUT2D eigenvalue weighted by Gasteiger charge is 2.30. The standard InChI is InChI=1S/C19H26N4O/c24-19-17-13-20-10-8-18(17)21-14-22(19)12-9-16-7-3-4-11-23(16)15-5-1-2-6-15/h8,10,13-16H,1-7,9,11-12H2. The van der Waals surface area contributed by atoms with Crippen LogP contribution in [0.15, 0.2) is 29.6 Å². The predicted molar refractivity (Wildman–Crippen MR) is 95.0 cm³/mol. The number of aromatic nitrogens is 3. The molecule has 2 fully saturated rings. The molecule has 1 aliphatic carbocycles. The van der Waals surface area contributed by atoms with Crippen LogP contribution in [-0.4, -0.2) is 38.1 Å². The third-order valence-electron chi connectivity index (χ3n) is 5.80. The summed E-state index contributed by atoms with van der Waals surface area (Å²) < 4.78 is 1.77. The van der Waals surface area contributed by atoms with Crippen LogP contribution in [-0.2, 0) is 6.54 Å². The number of pyridine rings is 1. The fraction of sp³-hybridized carbons (Fsp3) is 0.632. The highest BCUT2D eigenvalue weighted by Crippen LogP contribution is 2.30. The molecule has 1 unspecified atom stereocenters. The molecule has 1 saturated carbocycles. The second kappa shape index (κ2) is 7.01. The van der Waals surface area contributed by atoms with Crippen LogP contribution in [0.4, 0.5) is 0 Å². The van der Waals surface area contributed by atoms with E-state index in [4.69, 9.17) is 0 Å². The van der Waals surface area contributed by atoms with E-state index < -0.39 is 0 Å². The summed E-state index contributed by atoms with van der Waals surface area (Å²) in [7, 11) is 0. The lowest BCUT2D eigenvalue weighted by atomic mass is 9.96. The van der Waals surface area contributed by atoms with Gasteiger partial charge in [0.25, 0.3) is 5.56 Å². The molecular weight excluding hydrogens is 300 g/mol. The molecule has 1 atom stereocenters. The van der Waals surface area contributed by atoms with Crippen molar-refractivity contribution in [3.05, 3.63) is 35.1 Å². The second-order valence-corrected chi connectivity index (χ2v) is 7.25. The minimum atomic E-state index is 0.0383. The van der Waals surface area contributed by atoms with Gasteiger partial charge in [0.05, 0.1) is 17.2 Å². The van der Waals surface area contributed by atoms with E-state index in [2.05, 4.69) is 14.9 Å². The molecule has 0 N–H and O–H groups in total. The average molecular weight is 326 g/mol.